The number of amides is 1. The van der Waals surface area contributed by atoms with Crippen LogP contribution in [0, 0.1) is 0 Å². The SMILES string of the molecule is CC.CN1CCN(C(=O)c2cc3ccccc3[nH]2)CC1. The van der Waals surface area contributed by atoms with Gasteiger partial charge in [-0.1, -0.05) is 32.0 Å². The van der Waals surface area contributed by atoms with Crippen molar-refractivity contribution in [2.24, 2.45) is 0 Å². The van der Waals surface area contributed by atoms with Crippen LogP contribution in [0.4, 0.5) is 0 Å². The largest absolute Gasteiger partial charge is 0.351 e. The maximum absolute atomic E-state index is 12.4. The third-order valence-electron chi connectivity index (χ3n) is 3.55. The molecule has 1 fully saturated rings. The summed E-state index contributed by atoms with van der Waals surface area (Å²) in [5.41, 5.74) is 1.72. The number of piperazine rings is 1. The van der Waals surface area contributed by atoms with Crippen molar-refractivity contribution in [2.75, 3.05) is 33.2 Å². The van der Waals surface area contributed by atoms with E-state index in [0.29, 0.717) is 5.69 Å². The summed E-state index contributed by atoms with van der Waals surface area (Å²) in [6, 6.07) is 9.92. The number of fused-ring (bicyclic) bond motifs is 1. The summed E-state index contributed by atoms with van der Waals surface area (Å²) in [5, 5.41) is 1.09. The van der Waals surface area contributed by atoms with E-state index in [-0.39, 0.29) is 5.91 Å². The van der Waals surface area contributed by atoms with Gasteiger partial charge in [0.2, 0.25) is 0 Å². The molecule has 108 valence electrons. The van der Waals surface area contributed by atoms with Gasteiger partial charge in [-0.05, 0) is 19.2 Å². The van der Waals surface area contributed by atoms with E-state index in [2.05, 4.69) is 16.9 Å². The number of carbonyl (C=O) groups is 1. The van der Waals surface area contributed by atoms with Crippen molar-refractivity contribution in [2.45, 2.75) is 13.8 Å². The van der Waals surface area contributed by atoms with Crippen LogP contribution in [0.1, 0.15) is 24.3 Å². The highest BCUT2D eigenvalue weighted by Crippen LogP contribution is 2.16. The molecule has 0 saturated carbocycles. The highest BCUT2D eigenvalue weighted by atomic mass is 16.2. The lowest BCUT2D eigenvalue weighted by Crippen LogP contribution is -2.47. The van der Waals surface area contributed by atoms with Gasteiger partial charge in [-0.25, -0.2) is 0 Å². The van der Waals surface area contributed by atoms with Crippen molar-refractivity contribution in [3.8, 4) is 0 Å². The van der Waals surface area contributed by atoms with Gasteiger partial charge in [-0.15, -0.1) is 0 Å². The Morgan fingerprint density at radius 1 is 1.10 bits per heavy atom. The molecule has 0 radical (unpaired) electrons. The van der Waals surface area contributed by atoms with Gasteiger partial charge in [0.15, 0.2) is 0 Å². The number of H-pyrrole nitrogens is 1. The average molecular weight is 273 g/mol. The van der Waals surface area contributed by atoms with Gasteiger partial charge in [-0.3, -0.25) is 4.79 Å². The molecule has 0 unspecified atom stereocenters. The van der Waals surface area contributed by atoms with E-state index in [1.165, 1.54) is 0 Å². The third-order valence-corrected chi connectivity index (χ3v) is 3.55. The Bertz CT molecular complexity index is 535. The number of nitrogens with zero attached hydrogens (tertiary/aromatic N) is 2. The van der Waals surface area contributed by atoms with Gasteiger partial charge >= 0.3 is 0 Å². The zero-order valence-electron chi connectivity index (χ0n) is 12.5. The van der Waals surface area contributed by atoms with Crippen molar-refractivity contribution in [3.63, 3.8) is 0 Å². The summed E-state index contributed by atoms with van der Waals surface area (Å²) in [4.78, 5) is 19.7. The van der Waals surface area contributed by atoms with Crippen molar-refractivity contribution in [1.82, 2.24) is 14.8 Å². The predicted molar refractivity (Wildman–Crippen MR) is 83.0 cm³/mol. The lowest BCUT2D eigenvalue weighted by molar-refractivity contribution is 0.0659. The highest BCUT2D eigenvalue weighted by molar-refractivity contribution is 5.98. The van der Waals surface area contributed by atoms with Crippen LogP contribution in [-0.4, -0.2) is 53.9 Å². The van der Waals surface area contributed by atoms with Crippen LogP contribution >= 0.6 is 0 Å². The molecule has 2 aromatic rings. The number of rotatable bonds is 1. The zero-order valence-corrected chi connectivity index (χ0v) is 12.5. The Hall–Kier alpha value is -1.81. The Kier molecular flexibility index (Phi) is 4.79. The van der Waals surface area contributed by atoms with Crippen molar-refractivity contribution >= 4 is 16.8 Å². The zero-order chi connectivity index (χ0) is 14.5. The number of hydrogen-bond donors (Lipinski definition) is 1. The summed E-state index contributed by atoms with van der Waals surface area (Å²) in [6.45, 7) is 7.52. The average Bonchev–Trinajstić information content (AvgIpc) is 2.93. The number of benzene rings is 1. The van der Waals surface area contributed by atoms with E-state index in [1.807, 2.05) is 49.1 Å². The Balaban J connectivity index is 0.000000704. The number of nitrogens with one attached hydrogen (secondary N) is 1. The molecule has 1 N–H and O–H groups in total. The van der Waals surface area contributed by atoms with Crippen LogP contribution in [-0.2, 0) is 0 Å². The summed E-state index contributed by atoms with van der Waals surface area (Å²) >= 11 is 0. The number of aromatic amines is 1. The fraction of sp³-hybridized carbons (Fsp3) is 0.438. The van der Waals surface area contributed by atoms with Gasteiger partial charge in [0.1, 0.15) is 5.69 Å². The number of carbonyl (C=O) groups excluding carboxylic acids is 1. The van der Waals surface area contributed by atoms with E-state index < -0.39 is 0 Å². The smallest absolute Gasteiger partial charge is 0.270 e. The van der Waals surface area contributed by atoms with Gasteiger partial charge in [0, 0.05) is 37.1 Å². The van der Waals surface area contributed by atoms with E-state index in [9.17, 15) is 4.79 Å². The van der Waals surface area contributed by atoms with E-state index >= 15 is 0 Å². The molecule has 0 aliphatic carbocycles. The van der Waals surface area contributed by atoms with Crippen LogP contribution in [0.15, 0.2) is 30.3 Å². The molecule has 4 heteroatoms. The first-order valence-corrected chi connectivity index (χ1v) is 7.29. The third kappa shape index (κ3) is 3.02. The van der Waals surface area contributed by atoms with E-state index in [0.717, 1.165) is 37.1 Å². The van der Waals surface area contributed by atoms with Gasteiger partial charge < -0.3 is 14.8 Å². The summed E-state index contributed by atoms with van der Waals surface area (Å²) in [6.07, 6.45) is 0. The molecule has 1 saturated heterocycles. The van der Waals surface area contributed by atoms with Crippen LogP contribution in [0.5, 0.6) is 0 Å². The van der Waals surface area contributed by atoms with Gasteiger partial charge in [0.05, 0.1) is 0 Å². The molecule has 20 heavy (non-hydrogen) atoms. The molecule has 1 amide bonds. The Labute approximate surface area is 120 Å². The molecule has 0 spiro atoms. The fourth-order valence-electron chi connectivity index (χ4n) is 2.37. The topological polar surface area (TPSA) is 39.3 Å². The molecule has 0 bridgehead atoms. The van der Waals surface area contributed by atoms with Crippen molar-refractivity contribution < 1.29 is 4.79 Å². The molecule has 2 heterocycles. The Morgan fingerprint density at radius 2 is 1.75 bits per heavy atom. The van der Waals surface area contributed by atoms with Gasteiger partial charge in [0.25, 0.3) is 5.91 Å². The number of aromatic nitrogens is 1. The second kappa shape index (κ2) is 6.57. The maximum atomic E-state index is 12.4. The van der Waals surface area contributed by atoms with Crippen molar-refractivity contribution in [3.05, 3.63) is 36.0 Å². The lowest BCUT2D eigenvalue weighted by Gasteiger charge is -2.32. The summed E-state index contributed by atoms with van der Waals surface area (Å²) in [7, 11) is 2.09. The second-order valence-electron chi connectivity index (χ2n) is 4.87. The predicted octanol–water partition coefficient (Wildman–Crippen LogP) is 2.58. The minimum Gasteiger partial charge on any atom is -0.351 e. The highest BCUT2D eigenvalue weighted by Gasteiger charge is 2.21. The first kappa shape index (κ1) is 14.6. The maximum Gasteiger partial charge on any atom is 0.270 e. The summed E-state index contributed by atoms with van der Waals surface area (Å²) in [5.74, 6) is 0.110. The van der Waals surface area contributed by atoms with Crippen LogP contribution in [0.25, 0.3) is 10.9 Å². The molecular formula is C16H23N3O. The molecule has 1 aliphatic heterocycles. The second-order valence-corrected chi connectivity index (χ2v) is 4.87. The minimum atomic E-state index is 0.110. The van der Waals surface area contributed by atoms with Crippen molar-refractivity contribution in [1.29, 1.82) is 0 Å². The minimum absolute atomic E-state index is 0.110. The standard InChI is InChI=1S/C14H17N3O.C2H6/c1-16-6-8-17(9-7-16)14(18)13-10-11-4-2-3-5-12(11)15-13;1-2/h2-5,10,15H,6-9H2,1H3;1-2H3. The van der Waals surface area contributed by atoms with Crippen LogP contribution in [0.3, 0.4) is 0 Å². The van der Waals surface area contributed by atoms with Crippen LogP contribution < -0.4 is 0 Å². The van der Waals surface area contributed by atoms with E-state index in [4.69, 9.17) is 0 Å². The molecular weight excluding hydrogens is 250 g/mol. The van der Waals surface area contributed by atoms with Crippen LogP contribution in [0.2, 0.25) is 0 Å². The molecule has 1 aliphatic rings. The number of hydrogen-bond acceptors (Lipinski definition) is 2. The first-order valence-electron chi connectivity index (χ1n) is 7.29. The fourth-order valence-corrected chi connectivity index (χ4v) is 2.37. The Morgan fingerprint density at radius 3 is 2.40 bits per heavy atom. The van der Waals surface area contributed by atoms with E-state index in [1.54, 1.807) is 0 Å². The molecule has 3 rings (SSSR count). The molecule has 0 atom stereocenters. The quantitative estimate of drug-likeness (QED) is 0.867. The number of para-hydroxylation sites is 1. The first-order chi connectivity index (χ1) is 9.74. The molecule has 1 aromatic heterocycles. The lowest BCUT2D eigenvalue weighted by atomic mass is 10.2. The number of likely N-dealkylation sites (N-methyl/N-ethyl adjacent to an activating group) is 1. The molecule has 1 aromatic carbocycles. The van der Waals surface area contributed by atoms with Gasteiger partial charge in [-0.2, -0.15) is 0 Å². The molecule has 4 nitrogen and oxygen atoms in total. The monoisotopic (exact) mass is 273 g/mol. The summed E-state index contributed by atoms with van der Waals surface area (Å²) < 4.78 is 0. The normalized spacial score (nSPS) is 15.8.